The Balaban J connectivity index is 0. The summed E-state index contributed by atoms with van der Waals surface area (Å²) in [5, 5.41) is 12.0. The lowest BCUT2D eigenvalue weighted by atomic mass is 10.0. The van der Waals surface area contributed by atoms with E-state index in [1.807, 2.05) is 37.4 Å². The van der Waals surface area contributed by atoms with Crippen LogP contribution in [0, 0.1) is 0 Å². The minimum Gasteiger partial charge on any atom is -0.261 e. The Morgan fingerprint density at radius 2 is 0.952 bits per heavy atom. The summed E-state index contributed by atoms with van der Waals surface area (Å²) in [7, 11) is 0. The molecule has 0 saturated carbocycles. The van der Waals surface area contributed by atoms with Crippen molar-refractivity contribution < 1.29 is 10.8 Å². The second-order valence-electron chi connectivity index (χ2n) is 5.07. The number of hydrogen-bond acceptors (Lipinski definition) is 2. The summed E-state index contributed by atoms with van der Waals surface area (Å²) in [6, 6.07) is 0. The topological polar surface area (TPSA) is 51.2 Å². The van der Waals surface area contributed by atoms with Crippen molar-refractivity contribution >= 4 is 34.9 Å². The van der Waals surface area contributed by atoms with Crippen LogP contribution in [0.5, 0.6) is 0 Å². The molecule has 0 heterocycles. The van der Waals surface area contributed by atoms with Crippen LogP contribution in [0.4, 0.5) is 0 Å². The van der Waals surface area contributed by atoms with Gasteiger partial charge in [0.2, 0.25) is 0 Å². The third-order valence-electron chi connectivity index (χ3n) is 3.19. The molecule has 0 aromatic heterocycles. The molecular formula is C17H38N2S2+2. The molecule has 0 aliphatic heterocycles. The molecule has 2 nitrogen and oxygen atoms in total. The first-order valence-corrected chi connectivity index (χ1v) is 11.2. The van der Waals surface area contributed by atoms with E-state index in [4.69, 9.17) is 10.8 Å². The number of rotatable bonds is 14. The van der Waals surface area contributed by atoms with Gasteiger partial charge in [0.15, 0.2) is 0 Å². The van der Waals surface area contributed by atoms with Crippen molar-refractivity contribution in [2.45, 2.75) is 71.6 Å². The summed E-state index contributed by atoms with van der Waals surface area (Å²) in [6.45, 7) is 4.00. The summed E-state index contributed by atoms with van der Waals surface area (Å²) < 4.78 is 0. The van der Waals surface area contributed by atoms with E-state index in [0.29, 0.717) is 0 Å². The maximum absolute atomic E-state index is 6.01. The summed E-state index contributed by atoms with van der Waals surface area (Å²) in [5.74, 6) is 2.45. The van der Waals surface area contributed by atoms with Gasteiger partial charge in [0.1, 0.15) is 11.4 Å². The van der Waals surface area contributed by atoms with Crippen LogP contribution in [0.3, 0.4) is 0 Å². The van der Waals surface area contributed by atoms with Gasteiger partial charge in [-0.25, -0.2) is 0 Å². The quantitative estimate of drug-likeness (QED) is 0.379. The van der Waals surface area contributed by atoms with Crippen LogP contribution >= 0.6 is 23.5 Å². The summed E-state index contributed by atoms with van der Waals surface area (Å²) in [4.78, 5) is 0. The summed E-state index contributed by atoms with van der Waals surface area (Å²) in [6.07, 6.45) is 14.9. The van der Waals surface area contributed by atoms with Crippen molar-refractivity contribution in [2.24, 2.45) is 0 Å². The van der Waals surface area contributed by atoms with E-state index in [2.05, 4.69) is 12.5 Å². The zero-order valence-corrected chi connectivity index (χ0v) is 16.4. The SMILES string of the molecule is CC.CSCCCC(=[NH2+])CCCCCC(=[NH2+])CCCSC. The molecule has 4 N–H and O–H groups in total. The second kappa shape index (κ2) is 20.0. The van der Waals surface area contributed by atoms with Crippen LogP contribution in [-0.2, 0) is 0 Å². The predicted octanol–water partition coefficient (Wildman–Crippen LogP) is 2.65. The highest BCUT2D eigenvalue weighted by atomic mass is 32.2. The van der Waals surface area contributed by atoms with Gasteiger partial charge in [0, 0.05) is 25.7 Å². The normalized spacial score (nSPS) is 9.90. The first-order valence-electron chi connectivity index (χ1n) is 8.39. The lowest BCUT2D eigenvalue weighted by Crippen LogP contribution is -2.40. The highest BCUT2D eigenvalue weighted by molar-refractivity contribution is 7.98. The molecule has 0 aliphatic carbocycles. The van der Waals surface area contributed by atoms with Gasteiger partial charge in [0.25, 0.3) is 0 Å². The van der Waals surface area contributed by atoms with Gasteiger partial charge in [-0.15, -0.1) is 0 Å². The molecule has 0 bridgehead atoms. The fraction of sp³-hybridized carbons (Fsp3) is 0.882. The average molecular weight is 335 g/mol. The summed E-state index contributed by atoms with van der Waals surface area (Å²) in [5.41, 5.74) is 2.37. The van der Waals surface area contributed by atoms with E-state index in [0.717, 1.165) is 25.7 Å². The zero-order valence-electron chi connectivity index (χ0n) is 14.7. The van der Waals surface area contributed by atoms with Crippen molar-refractivity contribution in [1.29, 1.82) is 0 Å². The third kappa shape index (κ3) is 20.0. The Kier molecular flexibility index (Phi) is 22.2. The van der Waals surface area contributed by atoms with Crippen LogP contribution in [-0.4, -0.2) is 35.4 Å². The van der Waals surface area contributed by atoms with Crippen molar-refractivity contribution in [1.82, 2.24) is 0 Å². The van der Waals surface area contributed by atoms with Gasteiger partial charge in [0.05, 0.1) is 0 Å². The molecular weight excluding hydrogens is 296 g/mol. The second-order valence-corrected chi connectivity index (χ2v) is 7.04. The maximum atomic E-state index is 6.01. The summed E-state index contributed by atoms with van der Waals surface area (Å²) >= 11 is 3.80. The molecule has 21 heavy (non-hydrogen) atoms. The first-order chi connectivity index (χ1) is 10.2. The maximum Gasteiger partial charge on any atom is 0.149 e. The Morgan fingerprint density at radius 1 is 0.619 bits per heavy atom. The molecule has 0 aromatic rings. The molecule has 4 heteroatoms. The van der Waals surface area contributed by atoms with E-state index in [9.17, 15) is 0 Å². The first kappa shape index (κ1) is 23.3. The van der Waals surface area contributed by atoms with E-state index >= 15 is 0 Å². The minimum atomic E-state index is 1.10. The largest absolute Gasteiger partial charge is 0.261 e. The van der Waals surface area contributed by atoms with Gasteiger partial charge in [-0.1, -0.05) is 20.3 Å². The highest BCUT2D eigenvalue weighted by Gasteiger charge is 2.05. The molecule has 0 aromatic carbocycles. The van der Waals surface area contributed by atoms with Crippen molar-refractivity contribution in [3.8, 4) is 0 Å². The lowest BCUT2D eigenvalue weighted by molar-refractivity contribution is -0.119. The molecule has 0 atom stereocenters. The Labute approximate surface area is 141 Å². The third-order valence-corrected chi connectivity index (χ3v) is 4.58. The van der Waals surface area contributed by atoms with Gasteiger partial charge >= 0.3 is 0 Å². The smallest absolute Gasteiger partial charge is 0.149 e. The zero-order chi connectivity index (χ0) is 16.3. The Bertz CT molecular complexity index is 219. The predicted molar refractivity (Wildman–Crippen MR) is 104 cm³/mol. The van der Waals surface area contributed by atoms with Crippen molar-refractivity contribution in [2.75, 3.05) is 24.0 Å². The molecule has 0 aliphatic rings. The molecule has 0 amide bonds. The van der Waals surface area contributed by atoms with Crippen molar-refractivity contribution in [3.63, 3.8) is 0 Å². The fourth-order valence-corrected chi connectivity index (χ4v) is 2.88. The highest BCUT2D eigenvalue weighted by Crippen LogP contribution is 2.08. The van der Waals surface area contributed by atoms with Crippen LogP contribution in [0.25, 0.3) is 0 Å². The number of thioether (sulfide) groups is 2. The van der Waals surface area contributed by atoms with E-state index in [1.54, 1.807) is 0 Å². The van der Waals surface area contributed by atoms with Crippen LogP contribution in [0.1, 0.15) is 71.6 Å². The molecule has 0 fully saturated rings. The molecule has 0 spiro atoms. The average Bonchev–Trinajstić information content (AvgIpc) is 2.49. The van der Waals surface area contributed by atoms with Crippen molar-refractivity contribution in [3.05, 3.63) is 0 Å². The minimum absolute atomic E-state index is 1.10. The van der Waals surface area contributed by atoms with Crippen LogP contribution in [0.2, 0.25) is 0 Å². The fourth-order valence-electron chi connectivity index (χ4n) is 2.02. The van der Waals surface area contributed by atoms with Gasteiger partial charge < -0.3 is 0 Å². The molecule has 0 unspecified atom stereocenters. The number of nitrogens with two attached hydrogens (primary N) is 2. The van der Waals surface area contributed by atoms with Crippen LogP contribution in [0.15, 0.2) is 0 Å². The Hall–Kier alpha value is 0.0400. The Morgan fingerprint density at radius 3 is 1.29 bits per heavy atom. The van der Waals surface area contributed by atoms with Gasteiger partial charge in [-0.05, 0) is 49.7 Å². The molecule has 0 radical (unpaired) electrons. The van der Waals surface area contributed by atoms with Gasteiger partial charge in [-0.3, -0.25) is 10.8 Å². The standard InChI is InChI=1S/C15H30N2S2.C2H6/c1-18-12-6-10-14(16)8-4-3-5-9-15(17)11-7-13-19-2;1-2/h16-17H,3-13H2,1-2H3;1-2H3/p+2. The molecule has 0 rings (SSSR count). The lowest BCUT2D eigenvalue weighted by Gasteiger charge is -2.01. The number of unbranched alkanes of at least 4 members (excludes halogenated alkanes) is 2. The molecule has 126 valence electrons. The van der Waals surface area contributed by atoms with E-state index in [1.165, 1.54) is 55.0 Å². The van der Waals surface area contributed by atoms with E-state index < -0.39 is 0 Å². The van der Waals surface area contributed by atoms with E-state index in [-0.39, 0.29) is 0 Å². The monoisotopic (exact) mass is 334 g/mol. The van der Waals surface area contributed by atoms with Crippen LogP contribution < -0.4 is 10.8 Å². The number of hydrogen-bond donors (Lipinski definition) is 2. The molecule has 0 saturated heterocycles. The van der Waals surface area contributed by atoms with Gasteiger partial charge in [-0.2, -0.15) is 23.5 Å².